The number of ether oxygens (including phenoxy) is 1. The number of likely N-dealkylation sites (tertiary alicyclic amines) is 1. The highest BCUT2D eigenvalue weighted by atomic mass is 16.5. The third kappa shape index (κ3) is 3.76. The molecule has 2 heterocycles. The first-order valence-corrected chi connectivity index (χ1v) is 7.85. The normalized spacial score (nSPS) is 17.1. The van der Waals surface area contributed by atoms with E-state index in [0.717, 1.165) is 16.9 Å². The Bertz CT molecular complexity index is 694. The predicted molar refractivity (Wildman–Crippen MR) is 87.1 cm³/mol. The van der Waals surface area contributed by atoms with E-state index >= 15 is 0 Å². The van der Waals surface area contributed by atoms with Gasteiger partial charge < -0.3 is 19.4 Å². The second kappa shape index (κ2) is 7.21. The lowest BCUT2D eigenvalue weighted by Gasteiger charge is -2.17. The molecule has 0 bridgehead atoms. The third-order valence-corrected chi connectivity index (χ3v) is 4.16. The number of furan rings is 1. The zero-order valence-electron chi connectivity index (χ0n) is 13.5. The minimum absolute atomic E-state index is 0.00859. The van der Waals surface area contributed by atoms with Crippen LogP contribution >= 0.6 is 0 Å². The largest absolute Gasteiger partial charge is 0.497 e. The van der Waals surface area contributed by atoms with Crippen LogP contribution in [0.2, 0.25) is 0 Å². The number of carbonyl (C=O) groups is 2. The van der Waals surface area contributed by atoms with Crippen molar-refractivity contribution < 1.29 is 18.7 Å². The highest BCUT2D eigenvalue weighted by Crippen LogP contribution is 2.21. The molecule has 126 valence electrons. The predicted octanol–water partition coefficient (Wildman–Crippen LogP) is 1.95. The van der Waals surface area contributed by atoms with Gasteiger partial charge in [-0.25, -0.2) is 0 Å². The first kappa shape index (κ1) is 16.1. The van der Waals surface area contributed by atoms with E-state index in [9.17, 15) is 9.59 Å². The van der Waals surface area contributed by atoms with E-state index in [0.29, 0.717) is 19.6 Å². The summed E-state index contributed by atoms with van der Waals surface area (Å²) in [6.45, 7) is 1.37. The van der Waals surface area contributed by atoms with E-state index in [1.54, 1.807) is 30.6 Å². The van der Waals surface area contributed by atoms with Crippen molar-refractivity contribution in [2.24, 2.45) is 5.92 Å². The molecule has 0 saturated carbocycles. The van der Waals surface area contributed by atoms with Crippen molar-refractivity contribution in [3.05, 3.63) is 54.0 Å². The molecule has 1 aromatic carbocycles. The Morgan fingerprint density at radius 3 is 2.75 bits per heavy atom. The van der Waals surface area contributed by atoms with Gasteiger partial charge in [-0.2, -0.15) is 0 Å². The second-order valence-electron chi connectivity index (χ2n) is 5.87. The summed E-state index contributed by atoms with van der Waals surface area (Å²) in [6, 6.07) is 9.39. The van der Waals surface area contributed by atoms with Gasteiger partial charge >= 0.3 is 0 Å². The van der Waals surface area contributed by atoms with Gasteiger partial charge in [0.1, 0.15) is 5.75 Å². The van der Waals surface area contributed by atoms with Crippen LogP contribution in [0.15, 0.2) is 47.3 Å². The first-order valence-electron chi connectivity index (χ1n) is 7.85. The summed E-state index contributed by atoms with van der Waals surface area (Å²) < 4.78 is 10.1. The van der Waals surface area contributed by atoms with Gasteiger partial charge in [0.2, 0.25) is 11.8 Å². The van der Waals surface area contributed by atoms with Crippen LogP contribution in [-0.4, -0.2) is 30.4 Å². The summed E-state index contributed by atoms with van der Waals surface area (Å²) in [5, 5.41) is 2.85. The maximum atomic E-state index is 12.2. The molecule has 0 unspecified atom stereocenters. The molecule has 6 nitrogen and oxygen atoms in total. The Kier molecular flexibility index (Phi) is 4.84. The van der Waals surface area contributed by atoms with Crippen molar-refractivity contribution in [2.75, 3.05) is 13.7 Å². The molecular weight excluding hydrogens is 308 g/mol. The van der Waals surface area contributed by atoms with Crippen LogP contribution in [0.1, 0.15) is 17.5 Å². The van der Waals surface area contributed by atoms with Crippen LogP contribution in [0.3, 0.4) is 0 Å². The summed E-state index contributed by atoms with van der Waals surface area (Å²) in [7, 11) is 1.62. The van der Waals surface area contributed by atoms with Crippen molar-refractivity contribution in [1.82, 2.24) is 10.2 Å². The number of benzene rings is 1. The quantitative estimate of drug-likeness (QED) is 0.880. The maximum absolute atomic E-state index is 12.2. The molecule has 1 aliphatic heterocycles. The molecule has 2 amide bonds. The van der Waals surface area contributed by atoms with Crippen molar-refractivity contribution >= 4 is 11.8 Å². The number of carbonyl (C=O) groups excluding carboxylic acids is 2. The van der Waals surface area contributed by atoms with Gasteiger partial charge in [-0.1, -0.05) is 12.1 Å². The van der Waals surface area contributed by atoms with Crippen LogP contribution in [0, 0.1) is 5.92 Å². The summed E-state index contributed by atoms with van der Waals surface area (Å²) in [5.74, 6) is 0.390. The molecule has 1 aromatic heterocycles. The van der Waals surface area contributed by atoms with Gasteiger partial charge in [-0.05, 0) is 23.8 Å². The van der Waals surface area contributed by atoms with E-state index < -0.39 is 0 Å². The van der Waals surface area contributed by atoms with Crippen LogP contribution in [-0.2, 0) is 22.7 Å². The van der Waals surface area contributed by atoms with Gasteiger partial charge in [-0.15, -0.1) is 0 Å². The molecule has 3 rings (SSSR count). The SMILES string of the molecule is COc1ccc(CN2C[C@@H](C(=O)NCc3ccoc3)CC2=O)cc1. The molecule has 1 saturated heterocycles. The van der Waals surface area contributed by atoms with Crippen LogP contribution in [0.5, 0.6) is 5.75 Å². The number of nitrogens with zero attached hydrogens (tertiary/aromatic N) is 1. The average Bonchev–Trinajstić information content (AvgIpc) is 3.24. The van der Waals surface area contributed by atoms with Gasteiger partial charge in [-0.3, -0.25) is 9.59 Å². The zero-order chi connectivity index (χ0) is 16.9. The average molecular weight is 328 g/mol. The standard InChI is InChI=1S/C18H20N2O4/c1-23-16-4-2-13(3-5-16)10-20-11-15(8-17(20)21)18(22)19-9-14-6-7-24-12-14/h2-7,12,15H,8-11H2,1H3,(H,19,22)/t15-/m0/s1. The van der Waals surface area contributed by atoms with Gasteiger partial charge in [0, 0.05) is 31.6 Å². The fourth-order valence-electron chi connectivity index (χ4n) is 2.78. The molecule has 0 spiro atoms. The molecule has 2 aromatic rings. The molecular formula is C18H20N2O4. The van der Waals surface area contributed by atoms with Crippen molar-refractivity contribution in [2.45, 2.75) is 19.5 Å². The van der Waals surface area contributed by atoms with Gasteiger partial charge in [0.05, 0.1) is 25.6 Å². The molecule has 6 heteroatoms. The van der Waals surface area contributed by atoms with Crippen molar-refractivity contribution in [3.63, 3.8) is 0 Å². The van der Waals surface area contributed by atoms with Crippen LogP contribution in [0.4, 0.5) is 0 Å². The molecule has 24 heavy (non-hydrogen) atoms. The molecule has 1 atom stereocenters. The lowest BCUT2D eigenvalue weighted by atomic mass is 10.1. The first-order chi connectivity index (χ1) is 11.7. The fraction of sp³-hybridized carbons (Fsp3) is 0.333. The van der Waals surface area contributed by atoms with E-state index in [4.69, 9.17) is 9.15 Å². The Hall–Kier alpha value is -2.76. The van der Waals surface area contributed by atoms with Crippen molar-refractivity contribution in [3.8, 4) is 5.75 Å². The minimum Gasteiger partial charge on any atom is -0.497 e. The Morgan fingerprint density at radius 2 is 2.08 bits per heavy atom. The second-order valence-corrected chi connectivity index (χ2v) is 5.87. The summed E-state index contributed by atoms with van der Waals surface area (Å²) in [6.07, 6.45) is 3.42. The Morgan fingerprint density at radius 1 is 1.29 bits per heavy atom. The van der Waals surface area contributed by atoms with E-state index in [-0.39, 0.29) is 24.2 Å². The Balaban J connectivity index is 1.53. The van der Waals surface area contributed by atoms with Crippen LogP contribution < -0.4 is 10.1 Å². The minimum atomic E-state index is -0.303. The number of hydrogen-bond donors (Lipinski definition) is 1. The topological polar surface area (TPSA) is 71.8 Å². The highest BCUT2D eigenvalue weighted by molar-refractivity contribution is 5.89. The molecule has 1 aliphatic rings. The molecule has 1 N–H and O–H groups in total. The van der Waals surface area contributed by atoms with E-state index in [2.05, 4.69) is 5.32 Å². The smallest absolute Gasteiger partial charge is 0.225 e. The Labute approximate surface area is 140 Å². The van der Waals surface area contributed by atoms with Gasteiger partial charge in [0.25, 0.3) is 0 Å². The summed E-state index contributed by atoms with van der Waals surface area (Å²) >= 11 is 0. The summed E-state index contributed by atoms with van der Waals surface area (Å²) in [5.41, 5.74) is 1.92. The number of nitrogens with one attached hydrogen (secondary N) is 1. The number of methoxy groups -OCH3 is 1. The fourth-order valence-corrected chi connectivity index (χ4v) is 2.78. The number of rotatable bonds is 6. The maximum Gasteiger partial charge on any atom is 0.225 e. The lowest BCUT2D eigenvalue weighted by molar-refractivity contribution is -0.129. The molecule has 0 aliphatic carbocycles. The number of amides is 2. The van der Waals surface area contributed by atoms with Gasteiger partial charge in [0.15, 0.2) is 0 Å². The molecule has 1 fully saturated rings. The molecule has 0 radical (unpaired) electrons. The summed E-state index contributed by atoms with van der Waals surface area (Å²) in [4.78, 5) is 26.1. The third-order valence-electron chi connectivity index (χ3n) is 4.16. The van der Waals surface area contributed by atoms with Crippen molar-refractivity contribution in [1.29, 1.82) is 0 Å². The van der Waals surface area contributed by atoms with Crippen LogP contribution in [0.25, 0.3) is 0 Å². The lowest BCUT2D eigenvalue weighted by Crippen LogP contribution is -2.32. The van der Waals surface area contributed by atoms with E-state index in [1.165, 1.54) is 0 Å². The zero-order valence-corrected chi connectivity index (χ0v) is 13.5. The monoisotopic (exact) mass is 328 g/mol. The number of hydrogen-bond acceptors (Lipinski definition) is 4. The highest BCUT2D eigenvalue weighted by Gasteiger charge is 2.34. The van der Waals surface area contributed by atoms with E-state index in [1.807, 2.05) is 24.3 Å².